The van der Waals surface area contributed by atoms with Crippen LogP contribution < -0.4 is 5.43 Å². The highest BCUT2D eigenvalue weighted by atomic mass is 35.5. The zero-order valence-corrected chi connectivity index (χ0v) is 9.54. The van der Waals surface area contributed by atoms with E-state index in [1.165, 1.54) is 0 Å². The van der Waals surface area contributed by atoms with Gasteiger partial charge in [0.15, 0.2) is 0 Å². The number of hydrazine groups is 1. The van der Waals surface area contributed by atoms with Crippen LogP contribution in [0.4, 0.5) is 5.69 Å². The van der Waals surface area contributed by atoms with Crippen molar-refractivity contribution in [3.63, 3.8) is 0 Å². The molecule has 1 aromatic heterocycles. The van der Waals surface area contributed by atoms with Crippen molar-refractivity contribution in [2.24, 2.45) is 0 Å². The Morgan fingerprint density at radius 1 is 1.33 bits per heavy atom. The van der Waals surface area contributed by atoms with Crippen LogP contribution in [0.15, 0.2) is 18.5 Å². The summed E-state index contributed by atoms with van der Waals surface area (Å²) in [7, 11) is 2.14. The Balaban J connectivity index is 1.95. The second-order valence-corrected chi connectivity index (χ2v) is 4.16. The second-order valence-electron chi connectivity index (χ2n) is 3.76. The molecule has 15 heavy (non-hydrogen) atoms. The van der Waals surface area contributed by atoms with Crippen LogP contribution in [0.3, 0.4) is 0 Å². The van der Waals surface area contributed by atoms with Crippen LogP contribution in [-0.2, 0) is 0 Å². The lowest BCUT2D eigenvalue weighted by Crippen LogP contribution is -2.46. The molecule has 0 radical (unpaired) electrons. The fourth-order valence-corrected chi connectivity index (χ4v) is 1.72. The third kappa shape index (κ3) is 2.81. The average Bonchev–Trinajstić information content (AvgIpc) is 2.25. The lowest BCUT2D eigenvalue weighted by molar-refractivity contribution is 0.179. The number of nitrogens with one attached hydrogen (secondary N) is 1. The maximum Gasteiger partial charge on any atom is 0.0833 e. The summed E-state index contributed by atoms with van der Waals surface area (Å²) in [5.41, 5.74) is 4.23. The molecule has 0 spiro atoms. The molecule has 1 N–H and O–H groups in total. The highest BCUT2D eigenvalue weighted by Gasteiger charge is 2.13. The van der Waals surface area contributed by atoms with E-state index in [1.807, 2.05) is 6.07 Å². The van der Waals surface area contributed by atoms with Crippen LogP contribution in [0.1, 0.15) is 0 Å². The van der Waals surface area contributed by atoms with Crippen LogP contribution >= 0.6 is 11.6 Å². The van der Waals surface area contributed by atoms with Crippen molar-refractivity contribution < 1.29 is 0 Å². The van der Waals surface area contributed by atoms with Crippen LogP contribution in [0.5, 0.6) is 0 Å². The lowest BCUT2D eigenvalue weighted by atomic mass is 10.4. The Morgan fingerprint density at radius 2 is 2.07 bits per heavy atom. The van der Waals surface area contributed by atoms with Crippen molar-refractivity contribution in [3.05, 3.63) is 23.5 Å². The van der Waals surface area contributed by atoms with Gasteiger partial charge in [-0.15, -0.1) is 0 Å². The monoisotopic (exact) mass is 226 g/mol. The number of aromatic nitrogens is 1. The number of likely N-dealkylation sites (N-methyl/N-ethyl adjacent to an activating group) is 1. The van der Waals surface area contributed by atoms with E-state index >= 15 is 0 Å². The summed E-state index contributed by atoms with van der Waals surface area (Å²) < 4.78 is 0. The topological polar surface area (TPSA) is 31.4 Å². The van der Waals surface area contributed by atoms with E-state index in [1.54, 1.807) is 12.4 Å². The van der Waals surface area contributed by atoms with Gasteiger partial charge in [0.2, 0.25) is 0 Å². The first-order chi connectivity index (χ1) is 7.25. The average molecular weight is 227 g/mol. The third-order valence-corrected chi connectivity index (χ3v) is 2.86. The predicted molar refractivity (Wildman–Crippen MR) is 61.9 cm³/mol. The highest BCUT2D eigenvalue weighted by molar-refractivity contribution is 6.33. The largest absolute Gasteiger partial charge is 0.317 e. The molecule has 2 rings (SSSR count). The van der Waals surface area contributed by atoms with E-state index in [-0.39, 0.29) is 0 Å². The number of hydrogen-bond acceptors (Lipinski definition) is 4. The van der Waals surface area contributed by atoms with Gasteiger partial charge in [-0.1, -0.05) is 11.6 Å². The Bertz CT molecular complexity index is 323. The van der Waals surface area contributed by atoms with E-state index in [2.05, 4.69) is 27.4 Å². The summed E-state index contributed by atoms with van der Waals surface area (Å²) >= 11 is 6.01. The number of anilines is 1. The van der Waals surface area contributed by atoms with E-state index < -0.39 is 0 Å². The molecular weight excluding hydrogens is 212 g/mol. The van der Waals surface area contributed by atoms with Gasteiger partial charge < -0.3 is 10.3 Å². The van der Waals surface area contributed by atoms with Crippen LogP contribution in [0.2, 0.25) is 5.02 Å². The first-order valence-corrected chi connectivity index (χ1v) is 5.43. The van der Waals surface area contributed by atoms with Gasteiger partial charge in [0.25, 0.3) is 0 Å². The lowest BCUT2D eigenvalue weighted by Gasteiger charge is -2.33. The Kier molecular flexibility index (Phi) is 3.41. The van der Waals surface area contributed by atoms with Crippen molar-refractivity contribution in [1.82, 2.24) is 14.9 Å². The summed E-state index contributed by atoms with van der Waals surface area (Å²) in [6.45, 7) is 4.18. The molecule has 0 aliphatic carbocycles. The quantitative estimate of drug-likeness (QED) is 0.824. The molecule has 1 aliphatic heterocycles. The molecule has 0 bridgehead atoms. The third-order valence-electron chi connectivity index (χ3n) is 2.55. The minimum absolute atomic E-state index is 0.663. The summed E-state index contributed by atoms with van der Waals surface area (Å²) in [4.78, 5) is 6.26. The normalized spacial score (nSPS) is 19.1. The van der Waals surface area contributed by atoms with Gasteiger partial charge in [-0.2, -0.15) is 0 Å². The zero-order chi connectivity index (χ0) is 10.7. The molecule has 1 aliphatic rings. The van der Waals surface area contributed by atoms with Crippen molar-refractivity contribution in [1.29, 1.82) is 0 Å². The SMILES string of the molecule is CN1CCN(Nc2ccncc2Cl)CC1. The Hall–Kier alpha value is -0.840. The van der Waals surface area contributed by atoms with Crippen molar-refractivity contribution >= 4 is 17.3 Å². The van der Waals surface area contributed by atoms with Gasteiger partial charge in [0, 0.05) is 38.6 Å². The summed E-state index contributed by atoms with van der Waals surface area (Å²) in [5.74, 6) is 0. The molecule has 0 atom stereocenters. The number of nitrogens with zero attached hydrogens (tertiary/aromatic N) is 3. The summed E-state index contributed by atoms with van der Waals surface area (Å²) in [6.07, 6.45) is 3.39. The molecule has 5 heteroatoms. The predicted octanol–water partition coefficient (Wildman–Crippen LogP) is 1.31. The second kappa shape index (κ2) is 4.79. The van der Waals surface area contributed by atoms with E-state index in [9.17, 15) is 0 Å². The molecule has 1 aromatic rings. The number of rotatable bonds is 2. The fraction of sp³-hybridized carbons (Fsp3) is 0.500. The van der Waals surface area contributed by atoms with Crippen molar-refractivity contribution in [2.75, 3.05) is 38.7 Å². The maximum atomic E-state index is 6.01. The van der Waals surface area contributed by atoms with E-state index in [4.69, 9.17) is 11.6 Å². The van der Waals surface area contributed by atoms with Gasteiger partial charge in [-0.3, -0.25) is 4.98 Å². The number of pyridine rings is 1. The van der Waals surface area contributed by atoms with Gasteiger partial charge in [0.1, 0.15) is 0 Å². The van der Waals surface area contributed by atoms with Crippen LogP contribution in [0.25, 0.3) is 0 Å². The molecule has 2 heterocycles. The molecule has 1 saturated heterocycles. The molecule has 0 unspecified atom stereocenters. The number of piperazine rings is 1. The van der Waals surface area contributed by atoms with Gasteiger partial charge >= 0.3 is 0 Å². The number of hydrogen-bond donors (Lipinski definition) is 1. The van der Waals surface area contributed by atoms with Crippen LogP contribution in [0, 0.1) is 0 Å². The highest BCUT2D eigenvalue weighted by Crippen LogP contribution is 2.19. The van der Waals surface area contributed by atoms with Crippen LogP contribution in [-0.4, -0.2) is 48.1 Å². The zero-order valence-electron chi connectivity index (χ0n) is 8.78. The molecule has 0 aromatic carbocycles. The molecule has 82 valence electrons. The first-order valence-electron chi connectivity index (χ1n) is 5.05. The van der Waals surface area contributed by atoms with Gasteiger partial charge in [-0.25, -0.2) is 5.01 Å². The number of halogens is 1. The standard InChI is InChI=1S/C10H15ClN4/c1-14-4-6-15(7-5-14)13-10-2-3-12-8-9(10)11/h2-3,8H,4-7H2,1H3,(H,12,13). The van der Waals surface area contributed by atoms with E-state index in [0.717, 1.165) is 31.9 Å². The molecule has 0 amide bonds. The summed E-state index contributed by atoms with van der Waals surface area (Å²) in [6, 6.07) is 1.89. The minimum Gasteiger partial charge on any atom is -0.317 e. The Labute approximate surface area is 94.8 Å². The smallest absolute Gasteiger partial charge is 0.0833 e. The molecule has 4 nitrogen and oxygen atoms in total. The molecular formula is C10H15ClN4. The molecule has 0 saturated carbocycles. The summed E-state index contributed by atoms with van der Waals surface area (Å²) in [5, 5.41) is 2.85. The van der Waals surface area contributed by atoms with Crippen molar-refractivity contribution in [3.8, 4) is 0 Å². The minimum atomic E-state index is 0.663. The first kappa shape index (κ1) is 10.7. The Morgan fingerprint density at radius 3 is 2.73 bits per heavy atom. The van der Waals surface area contributed by atoms with Crippen molar-refractivity contribution in [2.45, 2.75) is 0 Å². The van der Waals surface area contributed by atoms with E-state index in [0.29, 0.717) is 5.02 Å². The molecule has 1 fully saturated rings. The fourth-order valence-electron chi connectivity index (χ4n) is 1.55. The van der Waals surface area contributed by atoms with Gasteiger partial charge in [-0.05, 0) is 13.1 Å². The van der Waals surface area contributed by atoms with Gasteiger partial charge in [0.05, 0.1) is 10.7 Å². The maximum absolute atomic E-state index is 6.01.